The molecule has 0 aromatic heterocycles. The Morgan fingerprint density at radius 3 is 2.48 bits per heavy atom. The van der Waals surface area contributed by atoms with E-state index in [1.807, 2.05) is 12.1 Å². The van der Waals surface area contributed by atoms with Crippen molar-refractivity contribution in [2.24, 2.45) is 0 Å². The van der Waals surface area contributed by atoms with E-state index in [0.717, 1.165) is 18.8 Å². The van der Waals surface area contributed by atoms with Crippen LogP contribution in [0.5, 0.6) is 5.75 Å². The van der Waals surface area contributed by atoms with Gasteiger partial charge in [0, 0.05) is 35.3 Å². The first kappa shape index (κ1) is 20.0. The summed E-state index contributed by atoms with van der Waals surface area (Å²) in [6.45, 7) is 6.00. The molecule has 2 aromatic carbocycles. The number of hydrogen-bond acceptors (Lipinski definition) is 5. The lowest BCUT2D eigenvalue weighted by molar-refractivity contribution is 0.406. The van der Waals surface area contributed by atoms with Gasteiger partial charge in [0.15, 0.2) is 0 Å². The van der Waals surface area contributed by atoms with Gasteiger partial charge in [-0.1, -0.05) is 22.0 Å². The number of nitrogens with one attached hydrogen (secondary N) is 2. The van der Waals surface area contributed by atoms with Crippen LogP contribution in [0.4, 0.5) is 11.4 Å². The molecule has 1 heterocycles. The molecule has 0 saturated carbocycles. The second-order valence-corrected chi connectivity index (χ2v) is 9.42. The zero-order valence-corrected chi connectivity index (χ0v) is 18.0. The van der Waals surface area contributed by atoms with E-state index in [4.69, 9.17) is 4.74 Å². The van der Waals surface area contributed by atoms with Crippen molar-refractivity contribution in [2.45, 2.75) is 30.8 Å². The highest BCUT2D eigenvalue weighted by molar-refractivity contribution is 9.10. The molecule has 0 spiro atoms. The molecule has 146 valence electrons. The van der Waals surface area contributed by atoms with Gasteiger partial charge < -0.3 is 15.0 Å². The van der Waals surface area contributed by atoms with Gasteiger partial charge in [-0.25, -0.2) is 8.42 Å². The maximum Gasteiger partial charge on any atom is 0.262 e. The van der Waals surface area contributed by atoms with Crippen LogP contribution in [0.3, 0.4) is 0 Å². The number of hydrogen-bond donors (Lipinski definition) is 2. The average molecular weight is 454 g/mol. The van der Waals surface area contributed by atoms with Crippen LogP contribution in [0.2, 0.25) is 0 Å². The van der Waals surface area contributed by atoms with E-state index in [-0.39, 0.29) is 4.90 Å². The van der Waals surface area contributed by atoms with Gasteiger partial charge in [0.2, 0.25) is 0 Å². The molecule has 0 unspecified atom stereocenters. The average Bonchev–Trinajstić information content (AvgIpc) is 2.60. The molecule has 1 aliphatic rings. The molecule has 1 fully saturated rings. The Balaban J connectivity index is 1.92. The zero-order valence-electron chi connectivity index (χ0n) is 15.6. The van der Waals surface area contributed by atoms with E-state index in [9.17, 15) is 8.42 Å². The van der Waals surface area contributed by atoms with Crippen molar-refractivity contribution in [2.75, 3.05) is 29.8 Å². The van der Waals surface area contributed by atoms with Crippen LogP contribution in [0.25, 0.3) is 0 Å². The number of methoxy groups -OCH3 is 1. The summed E-state index contributed by atoms with van der Waals surface area (Å²) >= 11 is 3.31. The highest BCUT2D eigenvalue weighted by Gasteiger charge is 2.23. The second-order valence-electron chi connectivity index (χ2n) is 6.82. The molecule has 0 radical (unpaired) electrons. The topological polar surface area (TPSA) is 70.7 Å². The maximum absolute atomic E-state index is 12.8. The lowest BCUT2D eigenvalue weighted by Gasteiger charge is -2.38. The quantitative estimate of drug-likeness (QED) is 0.725. The van der Waals surface area contributed by atoms with Crippen LogP contribution < -0.4 is 19.7 Å². The summed E-state index contributed by atoms with van der Waals surface area (Å²) in [5.41, 5.74) is 1.39. The Morgan fingerprint density at radius 1 is 1.15 bits per heavy atom. The predicted octanol–water partition coefficient (Wildman–Crippen LogP) is 3.45. The van der Waals surface area contributed by atoms with Gasteiger partial charge in [-0.3, -0.25) is 4.72 Å². The van der Waals surface area contributed by atoms with Crippen LogP contribution in [0.15, 0.2) is 51.8 Å². The Morgan fingerprint density at radius 2 is 1.85 bits per heavy atom. The highest BCUT2D eigenvalue weighted by atomic mass is 79.9. The summed E-state index contributed by atoms with van der Waals surface area (Å²) < 4.78 is 34.3. The third-order valence-corrected chi connectivity index (χ3v) is 6.31. The van der Waals surface area contributed by atoms with Gasteiger partial charge in [0.1, 0.15) is 5.75 Å². The van der Waals surface area contributed by atoms with E-state index in [1.165, 1.54) is 7.11 Å². The largest absolute Gasteiger partial charge is 0.495 e. The first-order chi connectivity index (χ1) is 12.8. The van der Waals surface area contributed by atoms with Crippen molar-refractivity contribution in [3.63, 3.8) is 0 Å². The Labute approximate surface area is 169 Å². The Bertz CT molecular complexity index is 910. The lowest BCUT2D eigenvalue weighted by atomic mass is 10.1. The van der Waals surface area contributed by atoms with Crippen molar-refractivity contribution >= 4 is 37.3 Å². The Kier molecular flexibility index (Phi) is 5.98. The fourth-order valence-corrected chi connectivity index (χ4v) is 5.01. The third kappa shape index (κ3) is 4.75. The molecular formula is C19H24BrN3O3S. The van der Waals surface area contributed by atoms with E-state index in [0.29, 0.717) is 28.0 Å². The van der Waals surface area contributed by atoms with E-state index in [1.54, 1.807) is 30.3 Å². The van der Waals surface area contributed by atoms with Gasteiger partial charge in [-0.05, 0) is 50.2 Å². The fraction of sp³-hybridized carbons (Fsp3) is 0.368. The standard InChI is InChI=1S/C19H24BrN3O3S/c1-13-11-23(12-14(2)21-13)16-7-8-19(26-3)18(10-16)22-27(24,25)17-6-4-5-15(20)9-17/h4-10,13-14,21-22H,11-12H2,1-3H3/t13-,14+. The van der Waals surface area contributed by atoms with Gasteiger partial charge in [-0.2, -0.15) is 0 Å². The minimum absolute atomic E-state index is 0.189. The van der Waals surface area contributed by atoms with Crippen LogP contribution in [-0.4, -0.2) is 40.7 Å². The number of piperazine rings is 1. The number of benzene rings is 2. The molecule has 1 aliphatic heterocycles. The number of anilines is 2. The molecule has 2 N–H and O–H groups in total. The highest BCUT2D eigenvalue weighted by Crippen LogP contribution is 2.32. The third-order valence-electron chi connectivity index (χ3n) is 4.46. The van der Waals surface area contributed by atoms with Gasteiger partial charge in [-0.15, -0.1) is 0 Å². The lowest BCUT2D eigenvalue weighted by Crippen LogP contribution is -2.54. The molecule has 6 nitrogen and oxygen atoms in total. The number of rotatable bonds is 5. The van der Waals surface area contributed by atoms with E-state index in [2.05, 4.69) is 44.7 Å². The zero-order chi connectivity index (χ0) is 19.6. The molecule has 2 atom stereocenters. The van der Waals surface area contributed by atoms with E-state index >= 15 is 0 Å². The SMILES string of the molecule is COc1ccc(N2C[C@@H](C)N[C@@H](C)C2)cc1NS(=O)(=O)c1cccc(Br)c1. The number of halogens is 1. The Hall–Kier alpha value is -1.77. The molecular weight excluding hydrogens is 430 g/mol. The minimum Gasteiger partial charge on any atom is -0.495 e. The molecule has 1 saturated heterocycles. The van der Waals surface area contributed by atoms with Crippen LogP contribution in [-0.2, 0) is 10.0 Å². The van der Waals surface area contributed by atoms with Crippen LogP contribution >= 0.6 is 15.9 Å². The first-order valence-corrected chi connectivity index (χ1v) is 11.0. The molecule has 8 heteroatoms. The van der Waals surface area contributed by atoms with Crippen molar-refractivity contribution < 1.29 is 13.2 Å². The smallest absolute Gasteiger partial charge is 0.262 e. The number of ether oxygens (including phenoxy) is 1. The van der Waals surface area contributed by atoms with Crippen molar-refractivity contribution in [3.05, 3.63) is 46.9 Å². The maximum atomic E-state index is 12.8. The normalized spacial score (nSPS) is 20.4. The van der Waals surface area contributed by atoms with Crippen molar-refractivity contribution in [1.29, 1.82) is 0 Å². The molecule has 2 aromatic rings. The summed E-state index contributed by atoms with van der Waals surface area (Å²) in [6, 6.07) is 12.9. The second kappa shape index (κ2) is 8.08. The first-order valence-electron chi connectivity index (χ1n) is 8.76. The molecule has 0 bridgehead atoms. The van der Waals surface area contributed by atoms with Crippen LogP contribution in [0, 0.1) is 0 Å². The van der Waals surface area contributed by atoms with Gasteiger partial charge in [0.05, 0.1) is 17.7 Å². The van der Waals surface area contributed by atoms with Gasteiger partial charge in [0.25, 0.3) is 10.0 Å². The molecule has 27 heavy (non-hydrogen) atoms. The summed E-state index contributed by atoms with van der Waals surface area (Å²) in [6.07, 6.45) is 0. The molecule has 3 rings (SSSR count). The molecule has 0 amide bonds. The summed E-state index contributed by atoms with van der Waals surface area (Å²) in [5, 5.41) is 3.50. The van der Waals surface area contributed by atoms with Gasteiger partial charge >= 0.3 is 0 Å². The minimum atomic E-state index is -3.73. The number of nitrogens with zero attached hydrogens (tertiary/aromatic N) is 1. The van der Waals surface area contributed by atoms with E-state index < -0.39 is 10.0 Å². The van der Waals surface area contributed by atoms with Crippen molar-refractivity contribution in [3.8, 4) is 5.75 Å². The summed E-state index contributed by atoms with van der Waals surface area (Å²) in [5.74, 6) is 0.480. The number of sulfonamides is 1. The monoisotopic (exact) mass is 453 g/mol. The molecule has 0 aliphatic carbocycles. The summed E-state index contributed by atoms with van der Waals surface area (Å²) in [4.78, 5) is 2.44. The predicted molar refractivity (Wildman–Crippen MR) is 112 cm³/mol. The van der Waals surface area contributed by atoms with Crippen LogP contribution in [0.1, 0.15) is 13.8 Å². The fourth-order valence-electron chi connectivity index (χ4n) is 3.35. The van der Waals surface area contributed by atoms with Crippen molar-refractivity contribution in [1.82, 2.24) is 5.32 Å². The summed E-state index contributed by atoms with van der Waals surface area (Å²) in [7, 11) is -2.20.